The maximum absolute atomic E-state index is 13.5. The fraction of sp³-hybridized carbons (Fsp3) is 0.231. The number of rotatable bonds is 4. The Hall–Kier alpha value is -1.84. The predicted octanol–water partition coefficient (Wildman–Crippen LogP) is 4.12. The van der Waals surface area contributed by atoms with Crippen molar-refractivity contribution in [2.45, 2.75) is 19.4 Å². The van der Waals surface area contributed by atoms with Gasteiger partial charge in [-0.25, -0.2) is 8.78 Å². The van der Waals surface area contributed by atoms with Crippen molar-refractivity contribution in [3.05, 3.63) is 54.0 Å². The fourth-order valence-electron chi connectivity index (χ4n) is 1.67. The zero-order valence-electron chi connectivity index (χ0n) is 9.41. The van der Waals surface area contributed by atoms with Crippen LogP contribution in [-0.2, 0) is 0 Å². The van der Waals surface area contributed by atoms with E-state index in [1.807, 2.05) is 6.92 Å². The molecule has 1 atom stereocenters. The summed E-state index contributed by atoms with van der Waals surface area (Å²) >= 11 is 0. The third-order valence-corrected chi connectivity index (χ3v) is 2.58. The summed E-state index contributed by atoms with van der Waals surface area (Å²) < 4.78 is 32.1. The topological polar surface area (TPSA) is 25.2 Å². The molecule has 0 spiro atoms. The maximum Gasteiger partial charge on any atom is 0.149 e. The molecule has 1 N–H and O–H groups in total. The quantitative estimate of drug-likeness (QED) is 0.865. The van der Waals surface area contributed by atoms with Gasteiger partial charge in [0.05, 0.1) is 12.3 Å². The highest BCUT2D eigenvalue weighted by atomic mass is 19.1. The number of hydrogen-bond acceptors (Lipinski definition) is 2. The summed E-state index contributed by atoms with van der Waals surface area (Å²) in [5, 5.41) is 2.82. The highest BCUT2D eigenvalue weighted by Gasteiger charge is 2.16. The highest BCUT2D eigenvalue weighted by Crippen LogP contribution is 2.26. The van der Waals surface area contributed by atoms with Crippen LogP contribution in [0.3, 0.4) is 0 Å². The van der Waals surface area contributed by atoms with Gasteiger partial charge in [-0.2, -0.15) is 0 Å². The molecular weight excluding hydrogens is 224 g/mol. The van der Waals surface area contributed by atoms with Crippen LogP contribution in [0.25, 0.3) is 0 Å². The van der Waals surface area contributed by atoms with Crippen LogP contribution in [-0.4, -0.2) is 0 Å². The van der Waals surface area contributed by atoms with Crippen LogP contribution in [0.2, 0.25) is 0 Å². The van der Waals surface area contributed by atoms with Crippen LogP contribution in [0.4, 0.5) is 14.5 Å². The van der Waals surface area contributed by atoms with Crippen LogP contribution in [0.5, 0.6) is 0 Å². The number of para-hydroxylation sites is 1. The number of anilines is 1. The van der Waals surface area contributed by atoms with E-state index in [1.54, 1.807) is 12.1 Å². The molecule has 0 fully saturated rings. The van der Waals surface area contributed by atoms with Crippen molar-refractivity contribution in [3.63, 3.8) is 0 Å². The lowest BCUT2D eigenvalue weighted by Crippen LogP contribution is -2.11. The van der Waals surface area contributed by atoms with Gasteiger partial charge in [-0.1, -0.05) is 13.0 Å². The van der Waals surface area contributed by atoms with E-state index in [2.05, 4.69) is 5.32 Å². The number of hydrogen-bond donors (Lipinski definition) is 1. The lowest BCUT2D eigenvalue weighted by Gasteiger charge is -2.16. The normalized spacial score (nSPS) is 12.4. The Balaban J connectivity index is 2.25. The van der Waals surface area contributed by atoms with Gasteiger partial charge >= 0.3 is 0 Å². The van der Waals surface area contributed by atoms with Gasteiger partial charge in [-0.15, -0.1) is 0 Å². The van der Waals surface area contributed by atoms with Crippen LogP contribution >= 0.6 is 0 Å². The van der Waals surface area contributed by atoms with Crippen molar-refractivity contribution >= 4 is 5.69 Å². The fourth-order valence-corrected chi connectivity index (χ4v) is 1.67. The molecule has 17 heavy (non-hydrogen) atoms. The minimum absolute atomic E-state index is 0.115. The molecule has 2 nitrogen and oxygen atoms in total. The second-order valence-corrected chi connectivity index (χ2v) is 3.72. The van der Waals surface area contributed by atoms with E-state index in [4.69, 9.17) is 4.42 Å². The Labute approximate surface area is 98.3 Å². The van der Waals surface area contributed by atoms with Crippen LogP contribution in [0, 0.1) is 11.6 Å². The summed E-state index contributed by atoms with van der Waals surface area (Å²) in [4.78, 5) is 0. The molecule has 0 amide bonds. The molecule has 0 saturated heterocycles. The lowest BCUT2D eigenvalue weighted by molar-refractivity contribution is 0.470. The van der Waals surface area contributed by atoms with Crippen LogP contribution < -0.4 is 5.32 Å². The molecule has 0 aliphatic heterocycles. The van der Waals surface area contributed by atoms with Crippen molar-refractivity contribution < 1.29 is 13.2 Å². The predicted molar refractivity (Wildman–Crippen MR) is 61.7 cm³/mol. The van der Waals surface area contributed by atoms with Crippen molar-refractivity contribution in [1.82, 2.24) is 0 Å². The third kappa shape index (κ3) is 2.46. The summed E-state index contributed by atoms with van der Waals surface area (Å²) in [7, 11) is 0. The molecule has 1 aromatic carbocycles. The van der Waals surface area contributed by atoms with Gasteiger partial charge in [0, 0.05) is 0 Å². The van der Waals surface area contributed by atoms with Crippen molar-refractivity contribution in [1.29, 1.82) is 0 Å². The second kappa shape index (κ2) is 4.99. The minimum atomic E-state index is -0.602. The van der Waals surface area contributed by atoms with E-state index in [-0.39, 0.29) is 11.7 Å². The summed E-state index contributed by atoms with van der Waals surface area (Å²) in [6, 6.07) is 7.07. The molecule has 90 valence electrons. The zero-order valence-corrected chi connectivity index (χ0v) is 9.41. The summed E-state index contributed by atoms with van der Waals surface area (Å²) in [5.41, 5.74) is -0.115. The van der Waals surface area contributed by atoms with Gasteiger partial charge < -0.3 is 9.73 Å². The first-order chi connectivity index (χ1) is 8.22. The molecule has 4 heteroatoms. The first kappa shape index (κ1) is 11.6. The smallest absolute Gasteiger partial charge is 0.149 e. The molecular formula is C13H13F2NO. The van der Waals surface area contributed by atoms with Gasteiger partial charge in [0.2, 0.25) is 0 Å². The largest absolute Gasteiger partial charge is 0.467 e. The van der Waals surface area contributed by atoms with Crippen LogP contribution in [0.1, 0.15) is 25.1 Å². The average molecular weight is 237 g/mol. The summed E-state index contributed by atoms with van der Waals surface area (Å²) in [5.74, 6) is -0.542. The van der Waals surface area contributed by atoms with Crippen molar-refractivity contribution in [2.24, 2.45) is 0 Å². The Morgan fingerprint density at radius 3 is 2.41 bits per heavy atom. The Bertz CT molecular complexity index is 462. The van der Waals surface area contributed by atoms with Gasteiger partial charge in [-0.3, -0.25) is 0 Å². The Morgan fingerprint density at radius 1 is 1.18 bits per heavy atom. The molecule has 2 aromatic rings. The maximum atomic E-state index is 13.5. The average Bonchev–Trinajstić information content (AvgIpc) is 2.82. The molecule has 2 rings (SSSR count). The van der Waals surface area contributed by atoms with Gasteiger partial charge in [0.25, 0.3) is 0 Å². The lowest BCUT2D eigenvalue weighted by atomic mass is 10.1. The molecule has 0 radical (unpaired) electrons. The standard InChI is InChI=1S/C13H13F2NO/c1-2-11(12-7-4-8-17-12)16-13-9(14)5-3-6-10(13)15/h3-8,11,16H,2H2,1H3. The molecule has 0 aliphatic carbocycles. The van der Waals surface area contributed by atoms with E-state index < -0.39 is 11.6 Å². The van der Waals surface area contributed by atoms with E-state index in [0.717, 1.165) is 0 Å². The van der Waals surface area contributed by atoms with Gasteiger partial charge in [0.15, 0.2) is 0 Å². The number of furan rings is 1. The first-order valence-electron chi connectivity index (χ1n) is 5.46. The SMILES string of the molecule is CCC(Nc1c(F)cccc1F)c1ccco1. The molecule has 1 aromatic heterocycles. The van der Waals surface area contributed by atoms with E-state index in [0.29, 0.717) is 12.2 Å². The second-order valence-electron chi connectivity index (χ2n) is 3.72. The minimum Gasteiger partial charge on any atom is -0.467 e. The van der Waals surface area contributed by atoms with E-state index in [1.165, 1.54) is 24.5 Å². The summed E-state index contributed by atoms with van der Waals surface area (Å²) in [6.45, 7) is 1.92. The third-order valence-electron chi connectivity index (χ3n) is 2.58. The summed E-state index contributed by atoms with van der Waals surface area (Å²) in [6.07, 6.45) is 2.21. The molecule has 1 heterocycles. The number of benzene rings is 1. The zero-order chi connectivity index (χ0) is 12.3. The Kier molecular flexibility index (Phi) is 3.42. The van der Waals surface area contributed by atoms with Crippen molar-refractivity contribution in [2.75, 3.05) is 5.32 Å². The molecule has 0 bridgehead atoms. The first-order valence-corrected chi connectivity index (χ1v) is 5.46. The molecule has 1 unspecified atom stereocenters. The Morgan fingerprint density at radius 2 is 1.88 bits per heavy atom. The monoisotopic (exact) mass is 237 g/mol. The van der Waals surface area contributed by atoms with E-state index in [9.17, 15) is 8.78 Å². The number of halogens is 2. The van der Waals surface area contributed by atoms with Crippen molar-refractivity contribution in [3.8, 4) is 0 Å². The van der Waals surface area contributed by atoms with E-state index >= 15 is 0 Å². The number of nitrogens with one attached hydrogen (secondary N) is 1. The van der Waals surface area contributed by atoms with Crippen LogP contribution in [0.15, 0.2) is 41.0 Å². The molecule has 0 aliphatic rings. The van der Waals surface area contributed by atoms with Gasteiger partial charge in [0.1, 0.15) is 23.1 Å². The highest BCUT2D eigenvalue weighted by molar-refractivity contribution is 5.47. The molecule has 0 saturated carbocycles. The van der Waals surface area contributed by atoms with Gasteiger partial charge in [-0.05, 0) is 30.7 Å².